The SMILES string of the molecule is COCc1ccc(OC2CCC2)c(CN)c1.O=C(O)C(F)(F)F. The minimum atomic E-state index is -5.08. The van der Waals surface area contributed by atoms with Gasteiger partial charge in [0.2, 0.25) is 0 Å². The van der Waals surface area contributed by atoms with Gasteiger partial charge in [-0.15, -0.1) is 0 Å². The summed E-state index contributed by atoms with van der Waals surface area (Å²) >= 11 is 0. The van der Waals surface area contributed by atoms with Gasteiger partial charge in [0.05, 0.1) is 12.7 Å². The number of rotatable bonds is 5. The van der Waals surface area contributed by atoms with Crippen LogP contribution in [0.25, 0.3) is 0 Å². The molecule has 0 aromatic heterocycles. The van der Waals surface area contributed by atoms with E-state index in [1.54, 1.807) is 7.11 Å². The Morgan fingerprint density at radius 1 is 1.39 bits per heavy atom. The number of halogens is 3. The Bertz CT molecular complexity index is 516. The average Bonchev–Trinajstić information content (AvgIpc) is 2.43. The Labute approximate surface area is 132 Å². The van der Waals surface area contributed by atoms with Crippen LogP contribution in [-0.2, 0) is 22.7 Å². The van der Waals surface area contributed by atoms with Gasteiger partial charge in [0.15, 0.2) is 0 Å². The Kier molecular flexibility index (Phi) is 7.31. The van der Waals surface area contributed by atoms with E-state index in [1.807, 2.05) is 12.1 Å². The lowest BCUT2D eigenvalue weighted by Crippen LogP contribution is -2.25. The molecule has 0 unspecified atom stereocenters. The second kappa shape index (κ2) is 8.73. The summed E-state index contributed by atoms with van der Waals surface area (Å²) < 4.78 is 42.7. The van der Waals surface area contributed by atoms with Gasteiger partial charge in [-0.3, -0.25) is 0 Å². The van der Waals surface area contributed by atoms with Gasteiger partial charge >= 0.3 is 12.1 Å². The third kappa shape index (κ3) is 6.45. The van der Waals surface area contributed by atoms with Crippen molar-refractivity contribution in [1.29, 1.82) is 0 Å². The standard InChI is InChI=1S/C13H19NO2.C2HF3O2/c1-15-9-10-5-6-13(11(7-10)8-14)16-12-3-2-4-12;3-2(4,5)1(6)7/h5-7,12H,2-4,8-9,14H2,1H3;(H,6,7). The molecule has 130 valence electrons. The van der Waals surface area contributed by atoms with Crippen molar-refractivity contribution in [3.8, 4) is 5.75 Å². The van der Waals surface area contributed by atoms with E-state index in [2.05, 4.69) is 6.07 Å². The first-order valence-electron chi connectivity index (χ1n) is 7.05. The molecule has 0 saturated heterocycles. The van der Waals surface area contributed by atoms with E-state index in [4.69, 9.17) is 25.1 Å². The molecule has 5 nitrogen and oxygen atoms in total. The molecule has 0 heterocycles. The molecule has 1 saturated carbocycles. The van der Waals surface area contributed by atoms with E-state index in [0.29, 0.717) is 19.3 Å². The Hall–Kier alpha value is -1.80. The number of hydrogen-bond acceptors (Lipinski definition) is 4. The Balaban J connectivity index is 0.000000322. The van der Waals surface area contributed by atoms with Crippen molar-refractivity contribution < 1.29 is 32.5 Å². The van der Waals surface area contributed by atoms with Crippen molar-refractivity contribution in [2.45, 2.75) is 44.7 Å². The summed E-state index contributed by atoms with van der Waals surface area (Å²) in [6, 6.07) is 6.11. The molecule has 3 N–H and O–H groups in total. The fraction of sp³-hybridized carbons (Fsp3) is 0.533. The maximum Gasteiger partial charge on any atom is 0.490 e. The molecule has 1 aromatic carbocycles. The van der Waals surface area contributed by atoms with Crippen LogP contribution in [0.15, 0.2) is 18.2 Å². The fourth-order valence-corrected chi connectivity index (χ4v) is 1.83. The van der Waals surface area contributed by atoms with Crippen molar-refractivity contribution in [1.82, 2.24) is 0 Å². The lowest BCUT2D eigenvalue weighted by atomic mass is 9.96. The number of nitrogens with two attached hydrogens (primary N) is 1. The van der Waals surface area contributed by atoms with Gasteiger partial charge in [0.25, 0.3) is 0 Å². The number of ether oxygens (including phenoxy) is 2. The van der Waals surface area contributed by atoms with Crippen molar-refractivity contribution in [2.24, 2.45) is 5.73 Å². The van der Waals surface area contributed by atoms with Crippen molar-refractivity contribution in [3.05, 3.63) is 29.3 Å². The average molecular weight is 335 g/mol. The van der Waals surface area contributed by atoms with Crippen LogP contribution < -0.4 is 10.5 Å². The summed E-state index contributed by atoms with van der Waals surface area (Å²) in [6.07, 6.45) is -1.06. The predicted molar refractivity (Wildman–Crippen MR) is 77.0 cm³/mol. The molecule has 0 aliphatic heterocycles. The topological polar surface area (TPSA) is 81.8 Å². The van der Waals surface area contributed by atoms with E-state index >= 15 is 0 Å². The van der Waals surface area contributed by atoms with Crippen LogP contribution in [0.2, 0.25) is 0 Å². The fourth-order valence-electron chi connectivity index (χ4n) is 1.83. The summed E-state index contributed by atoms with van der Waals surface area (Å²) in [6.45, 7) is 1.14. The third-order valence-electron chi connectivity index (χ3n) is 3.24. The monoisotopic (exact) mass is 335 g/mol. The highest BCUT2D eigenvalue weighted by Gasteiger charge is 2.38. The Morgan fingerprint density at radius 2 is 2.00 bits per heavy atom. The van der Waals surface area contributed by atoms with E-state index in [1.165, 1.54) is 19.3 Å². The first-order chi connectivity index (χ1) is 10.8. The number of methoxy groups -OCH3 is 1. The van der Waals surface area contributed by atoms with E-state index in [0.717, 1.165) is 16.9 Å². The lowest BCUT2D eigenvalue weighted by molar-refractivity contribution is -0.192. The maximum atomic E-state index is 10.6. The maximum absolute atomic E-state index is 10.6. The number of hydrogen-bond donors (Lipinski definition) is 2. The molecule has 1 aliphatic carbocycles. The van der Waals surface area contributed by atoms with Crippen LogP contribution in [0.1, 0.15) is 30.4 Å². The van der Waals surface area contributed by atoms with E-state index in [-0.39, 0.29) is 0 Å². The molecular weight excluding hydrogens is 315 g/mol. The second-order valence-corrected chi connectivity index (χ2v) is 5.05. The third-order valence-corrected chi connectivity index (χ3v) is 3.24. The molecule has 1 aliphatic rings. The molecule has 1 aromatic rings. The van der Waals surface area contributed by atoms with Gasteiger partial charge in [0, 0.05) is 19.2 Å². The molecule has 0 atom stereocenters. The smallest absolute Gasteiger partial charge is 0.490 e. The normalized spacial score (nSPS) is 14.5. The molecule has 0 bridgehead atoms. The van der Waals surface area contributed by atoms with Crippen LogP contribution in [0.5, 0.6) is 5.75 Å². The number of carboxylic acids is 1. The lowest BCUT2D eigenvalue weighted by Gasteiger charge is -2.27. The van der Waals surface area contributed by atoms with Gasteiger partial charge in [-0.2, -0.15) is 13.2 Å². The minimum Gasteiger partial charge on any atom is -0.490 e. The van der Waals surface area contributed by atoms with Crippen molar-refractivity contribution >= 4 is 5.97 Å². The minimum absolute atomic E-state index is 0.401. The van der Waals surface area contributed by atoms with E-state index < -0.39 is 12.1 Å². The van der Waals surface area contributed by atoms with Crippen LogP contribution in [0.3, 0.4) is 0 Å². The summed E-state index contributed by atoms with van der Waals surface area (Å²) in [5.74, 6) is -1.82. The molecule has 0 radical (unpaired) electrons. The highest BCUT2D eigenvalue weighted by atomic mass is 19.4. The molecule has 2 rings (SSSR count). The highest BCUT2D eigenvalue weighted by molar-refractivity contribution is 5.73. The molecule has 23 heavy (non-hydrogen) atoms. The van der Waals surface area contributed by atoms with Gasteiger partial charge in [0.1, 0.15) is 5.75 Å². The molecular formula is C15H20F3NO4. The number of alkyl halides is 3. The summed E-state index contributed by atoms with van der Waals surface area (Å²) in [5, 5.41) is 7.12. The highest BCUT2D eigenvalue weighted by Crippen LogP contribution is 2.28. The van der Waals surface area contributed by atoms with Gasteiger partial charge < -0.3 is 20.3 Å². The zero-order chi connectivity index (χ0) is 17.5. The van der Waals surface area contributed by atoms with Gasteiger partial charge in [-0.05, 0) is 37.0 Å². The summed E-state index contributed by atoms with van der Waals surface area (Å²) in [4.78, 5) is 8.90. The second-order valence-electron chi connectivity index (χ2n) is 5.05. The Morgan fingerprint density at radius 3 is 2.39 bits per heavy atom. The van der Waals surface area contributed by atoms with Crippen LogP contribution in [0.4, 0.5) is 13.2 Å². The van der Waals surface area contributed by atoms with Crippen LogP contribution >= 0.6 is 0 Å². The predicted octanol–water partition coefficient (Wildman–Crippen LogP) is 2.86. The van der Waals surface area contributed by atoms with Crippen molar-refractivity contribution in [3.63, 3.8) is 0 Å². The summed E-state index contributed by atoms with van der Waals surface area (Å²) in [7, 11) is 1.70. The quantitative estimate of drug-likeness (QED) is 0.865. The first-order valence-corrected chi connectivity index (χ1v) is 7.05. The molecule has 0 spiro atoms. The van der Waals surface area contributed by atoms with Crippen LogP contribution in [0, 0.1) is 0 Å². The number of carboxylic acid groups (broad SMARTS) is 1. The zero-order valence-corrected chi connectivity index (χ0v) is 12.7. The number of aliphatic carboxylic acids is 1. The number of carbonyl (C=O) groups is 1. The molecule has 1 fully saturated rings. The first kappa shape index (κ1) is 19.2. The van der Waals surface area contributed by atoms with Gasteiger partial charge in [-0.1, -0.05) is 6.07 Å². The van der Waals surface area contributed by atoms with E-state index in [9.17, 15) is 13.2 Å². The number of benzene rings is 1. The molecule has 0 amide bonds. The molecule has 8 heteroatoms. The summed E-state index contributed by atoms with van der Waals surface area (Å²) in [5.41, 5.74) is 7.94. The van der Waals surface area contributed by atoms with Gasteiger partial charge in [-0.25, -0.2) is 4.79 Å². The zero-order valence-electron chi connectivity index (χ0n) is 12.7. The largest absolute Gasteiger partial charge is 0.490 e. The van der Waals surface area contributed by atoms with Crippen molar-refractivity contribution in [2.75, 3.05) is 7.11 Å². The van der Waals surface area contributed by atoms with Crippen LogP contribution in [-0.4, -0.2) is 30.5 Å².